The van der Waals surface area contributed by atoms with Gasteiger partial charge < -0.3 is 5.32 Å². The summed E-state index contributed by atoms with van der Waals surface area (Å²) in [5.74, 6) is 0.745. The van der Waals surface area contributed by atoms with Gasteiger partial charge in [-0.05, 0) is 30.9 Å². The van der Waals surface area contributed by atoms with Crippen LogP contribution in [-0.2, 0) is 12.8 Å². The van der Waals surface area contributed by atoms with E-state index in [4.69, 9.17) is 5.26 Å². The third-order valence-electron chi connectivity index (χ3n) is 2.72. The third kappa shape index (κ3) is 3.45. The largest absolute Gasteiger partial charge is 0.369 e. The molecule has 1 N–H and O–H groups in total. The van der Waals surface area contributed by atoms with Crippen molar-refractivity contribution in [3.63, 3.8) is 0 Å². The molecule has 1 aromatic heterocycles. The Morgan fingerprint density at radius 3 is 2.59 bits per heavy atom. The fraction of sp³-hybridized carbons (Fsp3) is 0.571. The van der Waals surface area contributed by atoms with E-state index in [2.05, 4.69) is 37.1 Å². The lowest BCUT2D eigenvalue weighted by molar-refractivity contribution is 0.853. The number of nitrogens with one attached hydrogen (secondary N) is 1. The van der Waals surface area contributed by atoms with E-state index >= 15 is 0 Å². The van der Waals surface area contributed by atoms with Crippen LogP contribution < -0.4 is 5.32 Å². The van der Waals surface area contributed by atoms with Crippen molar-refractivity contribution in [1.29, 1.82) is 5.26 Å². The molecule has 0 fully saturated rings. The van der Waals surface area contributed by atoms with Gasteiger partial charge in [-0.1, -0.05) is 27.2 Å². The van der Waals surface area contributed by atoms with Crippen molar-refractivity contribution in [1.82, 2.24) is 4.98 Å². The smallest absolute Gasteiger partial charge is 0.144 e. The first-order valence-corrected chi connectivity index (χ1v) is 6.43. The van der Waals surface area contributed by atoms with Gasteiger partial charge in [-0.15, -0.1) is 0 Å². The van der Waals surface area contributed by atoms with Crippen molar-refractivity contribution in [3.05, 3.63) is 22.9 Å². The minimum atomic E-state index is 0.662. The highest BCUT2D eigenvalue weighted by Crippen LogP contribution is 2.19. The minimum absolute atomic E-state index is 0.662. The van der Waals surface area contributed by atoms with Gasteiger partial charge in [-0.3, -0.25) is 0 Å². The van der Waals surface area contributed by atoms with Crippen molar-refractivity contribution in [3.8, 4) is 6.07 Å². The van der Waals surface area contributed by atoms with Crippen molar-refractivity contribution in [2.75, 3.05) is 11.9 Å². The van der Waals surface area contributed by atoms with Crippen LogP contribution in [0.5, 0.6) is 0 Å². The number of anilines is 1. The van der Waals surface area contributed by atoms with Crippen molar-refractivity contribution < 1.29 is 0 Å². The molecule has 0 radical (unpaired) electrons. The molecular formula is C14H21N3. The van der Waals surface area contributed by atoms with Crippen LogP contribution in [0.25, 0.3) is 0 Å². The molecule has 3 nitrogen and oxygen atoms in total. The van der Waals surface area contributed by atoms with Gasteiger partial charge in [0.1, 0.15) is 11.9 Å². The van der Waals surface area contributed by atoms with Gasteiger partial charge in [0.25, 0.3) is 0 Å². The average Bonchev–Trinajstić information content (AvgIpc) is 2.36. The van der Waals surface area contributed by atoms with Crippen LogP contribution in [-0.4, -0.2) is 11.5 Å². The number of pyridine rings is 1. The van der Waals surface area contributed by atoms with Crippen LogP contribution in [0.1, 0.15) is 50.4 Å². The zero-order valence-corrected chi connectivity index (χ0v) is 11.0. The maximum absolute atomic E-state index is 9.13. The number of rotatable bonds is 6. The normalized spacial score (nSPS) is 10.0. The second-order valence-electron chi connectivity index (χ2n) is 4.13. The number of aryl methyl sites for hydroxylation is 2. The SMILES string of the molecule is CCCNc1nc(CCC)c(CC)cc1C#N. The molecule has 0 bridgehead atoms. The first-order valence-electron chi connectivity index (χ1n) is 6.43. The Morgan fingerprint density at radius 2 is 2.06 bits per heavy atom. The van der Waals surface area contributed by atoms with Crippen LogP contribution in [0.4, 0.5) is 5.82 Å². The summed E-state index contributed by atoms with van der Waals surface area (Å²) in [5, 5.41) is 12.4. The Bertz CT molecular complexity index is 405. The topological polar surface area (TPSA) is 48.7 Å². The summed E-state index contributed by atoms with van der Waals surface area (Å²) in [7, 11) is 0. The molecular weight excluding hydrogens is 210 g/mol. The van der Waals surface area contributed by atoms with E-state index in [1.165, 1.54) is 5.56 Å². The molecule has 0 spiro atoms. The number of nitriles is 1. The second kappa shape index (κ2) is 6.90. The van der Waals surface area contributed by atoms with E-state index < -0.39 is 0 Å². The maximum Gasteiger partial charge on any atom is 0.144 e. The van der Waals surface area contributed by atoms with Crippen LogP contribution in [0, 0.1) is 11.3 Å². The Labute approximate surface area is 104 Å². The highest BCUT2D eigenvalue weighted by atomic mass is 15.0. The maximum atomic E-state index is 9.13. The van der Waals surface area contributed by atoms with E-state index in [1.807, 2.05) is 6.07 Å². The summed E-state index contributed by atoms with van der Waals surface area (Å²) in [4.78, 5) is 4.61. The van der Waals surface area contributed by atoms with Crippen molar-refractivity contribution in [2.45, 2.75) is 46.5 Å². The van der Waals surface area contributed by atoms with E-state index in [9.17, 15) is 0 Å². The quantitative estimate of drug-likeness (QED) is 0.817. The number of aromatic nitrogens is 1. The molecule has 92 valence electrons. The molecule has 0 aromatic carbocycles. The lowest BCUT2D eigenvalue weighted by Crippen LogP contribution is -2.08. The van der Waals surface area contributed by atoms with E-state index in [0.29, 0.717) is 5.56 Å². The molecule has 1 aromatic rings. The van der Waals surface area contributed by atoms with Crippen LogP contribution in [0.2, 0.25) is 0 Å². The molecule has 1 heterocycles. The summed E-state index contributed by atoms with van der Waals surface area (Å²) in [5.41, 5.74) is 2.99. The predicted molar refractivity (Wildman–Crippen MR) is 71.1 cm³/mol. The summed E-state index contributed by atoms with van der Waals surface area (Å²) >= 11 is 0. The summed E-state index contributed by atoms with van der Waals surface area (Å²) in [6, 6.07) is 4.21. The zero-order chi connectivity index (χ0) is 12.7. The monoisotopic (exact) mass is 231 g/mol. The van der Waals surface area contributed by atoms with Gasteiger partial charge in [-0.25, -0.2) is 4.98 Å². The number of hydrogen-bond donors (Lipinski definition) is 1. The first kappa shape index (κ1) is 13.5. The number of nitrogens with zero attached hydrogens (tertiary/aromatic N) is 2. The van der Waals surface area contributed by atoms with Gasteiger partial charge >= 0.3 is 0 Å². The van der Waals surface area contributed by atoms with E-state index in [0.717, 1.165) is 43.7 Å². The predicted octanol–water partition coefficient (Wildman–Crippen LogP) is 3.29. The fourth-order valence-electron chi connectivity index (χ4n) is 1.82. The van der Waals surface area contributed by atoms with Gasteiger partial charge in [0.05, 0.1) is 5.56 Å². The molecule has 0 aliphatic rings. The van der Waals surface area contributed by atoms with Gasteiger partial charge in [-0.2, -0.15) is 5.26 Å². The fourth-order valence-corrected chi connectivity index (χ4v) is 1.82. The van der Waals surface area contributed by atoms with Crippen molar-refractivity contribution in [2.24, 2.45) is 0 Å². The lowest BCUT2D eigenvalue weighted by Gasteiger charge is -2.12. The Kier molecular flexibility index (Phi) is 5.48. The van der Waals surface area contributed by atoms with Crippen LogP contribution >= 0.6 is 0 Å². The molecule has 0 saturated carbocycles. The molecule has 17 heavy (non-hydrogen) atoms. The summed E-state index contributed by atoms with van der Waals surface area (Å²) < 4.78 is 0. The van der Waals surface area contributed by atoms with Gasteiger partial charge in [0.15, 0.2) is 0 Å². The molecule has 0 saturated heterocycles. The molecule has 0 unspecified atom stereocenters. The van der Waals surface area contributed by atoms with Crippen molar-refractivity contribution >= 4 is 5.82 Å². The lowest BCUT2D eigenvalue weighted by atomic mass is 10.0. The van der Waals surface area contributed by atoms with E-state index in [1.54, 1.807) is 0 Å². The van der Waals surface area contributed by atoms with Gasteiger partial charge in [0, 0.05) is 12.2 Å². The summed E-state index contributed by atoms with van der Waals surface area (Å²) in [6.07, 6.45) is 4.03. The Morgan fingerprint density at radius 1 is 1.29 bits per heavy atom. The first-order chi connectivity index (χ1) is 8.26. The molecule has 3 heteroatoms. The Balaban J connectivity index is 3.10. The zero-order valence-electron chi connectivity index (χ0n) is 11.0. The number of hydrogen-bond acceptors (Lipinski definition) is 3. The van der Waals surface area contributed by atoms with E-state index in [-0.39, 0.29) is 0 Å². The molecule has 0 amide bonds. The average molecular weight is 231 g/mol. The summed E-state index contributed by atoms with van der Waals surface area (Å²) in [6.45, 7) is 7.22. The molecule has 0 atom stereocenters. The standard InChI is InChI=1S/C14H21N3/c1-4-7-13-11(6-3)9-12(10-15)14(17-13)16-8-5-2/h9H,4-8H2,1-3H3,(H,16,17). The van der Waals surface area contributed by atoms with Crippen LogP contribution in [0.15, 0.2) is 6.07 Å². The Hall–Kier alpha value is -1.56. The second-order valence-corrected chi connectivity index (χ2v) is 4.13. The van der Waals surface area contributed by atoms with Crippen LogP contribution in [0.3, 0.4) is 0 Å². The molecule has 1 rings (SSSR count). The highest BCUT2D eigenvalue weighted by Gasteiger charge is 2.09. The highest BCUT2D eigenvalue weighted by molar-refractivity contribution is 5.54. The third-order valence-corrected chi connectivity index (χ3v) is 2.72. The van der Waals surface area contributed by atoms with Gasteiger partial charge in [0.2, 0.25) is 0 Å². The molecule has 0 aliphatic heterocycles. The minimum Gasteiger partial charge on any atom is -0.369 e. The molecule has 0 aliphatic carbocycles.